The minimum atomic E-state index is -0.710. The Morgan fingerprint density at radius 3 is 2.61 bits per heavy atom. The standard InChI is InChI=1S/C13H18N2O3/c14-12(6-10-4-2-1-3-5-10)13(18)7-15-11(8-16)9-17/h1-5,8,11-12,15,17H,6-7,9,14H2/t11-,12+/m1/s1. The fourth-order valence-corrected chi connectivity index (χ4v) is 1.50. The summed E-state index contributed by atoms with van der Waals surface area (Å²) in [7, 11) is 0. The number of aldehydes is 1. The molecule has 5 heteroatoms. The van der Waals surface area contributed by atoms with E-state index in [0.717, 1.165) is 5.56 Å². The van der Waals surface area contributed by atoms with E-state index in [-0.39, 0.29) is 18.9 Å². The molecule has 0 radical (unpaired) electrons. The van der Waals surface area contributed by atoms with Gasteiger partial charge in [-0.25, -0.2) is 0 Å². The van der Waals surface area contributed by atoms with Crippen molar-refractivity contribution in [1.29, 1.82) is 0 Å². The van der Waals surface area contributed by atoms with E-state index in [1.165, 1.54) is 0 Å². The molecule has 0 heterocycles. The van der Waals surface area contributed by atoms with Crippen LogP contribution in [0.5, 0.6) is 0 Å². The molecule has 98 valence electrons. The number of Topliss-reactive ketones (excluding diaryl/α,β-unsaturated/α-hetero) is 1. The number of carbonyl (C=O) groups is 2. The molecular weight excluding hydrogens is 232 g/mol. The Balaban J connectivity index is 2.40. The van der Waals surface area contributed by atoms with Gasteiger partial charge in [0, 0.05) is 0 Å². The fourth-order valence-electron chi connectivity index (χ4n) is 1.50. The lowest BCUT2D eigenvalue weighted by atomic mass is 10.0. The highest BCUT2D eigenvalue weighted by atomic mass is 16.3. The van der Waals surface area contributed by atoms with Gasteiger partial charge in [-0.05, 0) is 12.0 Å². The zero-order valence-corrected chi connectivity index (χ0v) is 10.1. The first-order valence-electron chi connectivity index (χ1n) is 5.79. The van der Waals surface area contributed by atoms with Crippen LogP contribution in [-0.4, -0.2) is 42.4 Å². The van der Waals surface area contributed by atoms with Crippen molar-refractivity contribution < 1.29 is 14.7 Å². The summed E-state index contributed by atoms with van der Waals surface area (Å²) in [5, 5.41) is 11.4. The van der Waals surface area contributed by atoms with Crippen LogP contribution in [0.4, 0.5) is 0 Å². The zero-order valence-electron chi connectivity index (χ0n) is 10.1. The van der Waals surface area contributed by atoms with Gasteiger partial charge in [0.05, 0.1) is 25.2 Å². The summed E-state index contributed by atoms with van der Waals surface area (Å²) < 4.78 is 0. The van der Waals surface area contributed by atoms with Crippen molar-refractivity contribution in [1.82, 2.24) is 5.32 Å². The summed E-state index contributed by atoms with van der Waals surface area (Å²) in [5.74, 6) is -0.181. The van der Waals surface area contributed by atoms with Crippen molar-refractivity contribution in [2.75, 3.05) is 13.2 Å². The Labute approximate surface area is 106 Å². The number of nitrogens with one attached hydrogen (secondary N) is 1. The number of hydrogen-bond acceptors (Lipinski definition) is 5. The number of ketones is 1. The van der Waals surface area contributed by atoms with E-state index in [0.29, 0.717) is 12.7 Å². The molecule has 0 aliphatic carbocycles. The topological polar surface area (TPSA) is 92.4 Å². The second kappa shape index (κ2) is 7.71. The summed E-state index contributed by atoms with van der Waals surface area (Å²) in [6, 6.07) is 8.17. The van der Waals surface area contributed by atoms with Crippen LogP contribution in [0.2, 0.25) is 0 Å². The Kier molecular flexibility index (Phi) is 6.21. The SMILES string of the molecule is N[C@@H](Cc1ccccc1)C(=O)CN[C@H](C=O)CO. The van der Waals surface area contributed by atoms with Crippen molar-refractivity contribution in [3.8, 4) is 0 Å². The molecule has 0 aliphatic heterocycles. The second-order valence-electron chi connectivity index (χ2n) is 4.07. The van der Waals surface area contributed by atoms with E-state index in [4.69, 9.17) is 10.8 Å². The van der Waals surface area contributed by atoms with Gasteiger partial charge in [-0.1, -0.05) is 30.3 Å². The molecule has 4 N–H and O–H groups in total. The maximum Gasteiger partial charge on any atom is 0.163 e. The van der Waals surface area contributed by atoms with E-state index in [1.54, 1.807) is 0 Å². The smallest absolute Gasteiger partial charge is 0.163 e. The predicted molar refractivity (Wildman–Crippen MR) is 68.1 cm³/mol. The number of aliphatic hydroxyl groups is 1. The van der Waals surface area contributed by atoms with Crippen LogP contribution in [0.25, 0.3) is 0 Å². The lowest BCUT2D eigenvalue weighted by molar-refractivity contribution is -0.119. The van der Waals surface area contributed by atoms with Crippen LogP contribution >= 0.6 is 0 Å². The van der Waals surface area contributed by atoms with Crippen molar-refractivity contribution >= 4 is 12.1 Å². The third kappa shape index (κ3) is 4.75. The first-order valence-corrected chi connectivity index (χ1v) is 5.79. The Bertz CT molecular complexity index is 381. The number of carbonyl (C=O) groups excluding carboxylic acids is 2. The minimum absolute atomic E-state index is 0.0159. The van der Waals surface area contributed by atoms with Gasteiger partial charge in [0.15, 0.2) is 5.78 Å². The molecule has 1 aromatic carbocycles. The third-order valence-corrected chi connectivity index (χ3v) is 2.61. The molecule has 0 fully saturated rings. The molecule has 0 aliphatic rings. The first-order chi connectivity index (χ1) is 8.67. The lowest BCUT2D eigenvalue weighted by Crippen LogP contribution is -2.44. The van der Waals surface area contributed by atoms with E-state index >= 15 is 0 Å². The summed E-state index contributed by atoms with van der Waals surface area (Å²) in [6.07, 6.45) is 1.03. The molecular formula is C13H18N2O3. The number of rotatable bonds is 8. The van der Waals surface area contributed by atoms with Crippen LogP contribution in [0, 0.1) is 0 Å². The number of hydrogen-bond donors (Lipinski definition) is 3. The summed E-state index contributed by atoms with van der Waals surface area (Å²) >= 11 is 0. The van der Waals surface area contributed by atoms with Gasteiger partial charge >= 0.3 is 0 Å². The van der Waals surface area contributed by atoms with E-state index in [1.807, 2.05) is 30.3 Å². The molecule has 5 nitrogen and oxygen atoms in total. The quantitative estimate of drug-likeness (QED) is 0.529. The Morgan fingerprint density at radius 2 is 2.06 bits per heavy atom. The summed E-state index contributed by atoms with van der Waals surface area (Å²) in [5.41, 5.74) is 6.77. The van der Waals surface area contributed by atoms with Gasteiger partial charge in [-0.15, -0.1) is 0 Å². The molecule has 0 aromatic heterocycles. The van der Waals surface area contributed by atoms with Crippen LogP contribution < -0.4 is 11.1 Å². The van der Waals surface area contributed by atoms with Gasteiger partial charge in [0.2, 0.25) is 0 Å². The van der Waals surface area contributed by atoms with Crippen molar-refractivity contribution in [3.63, 3.8) is 0 Å². The molecule has 0 spiro atoms. The molecule has 0 unspecified atom stereocenters. The summed E-state index contributed by atoms with van der Waals surface area (Å²) in [4.78, 5) is 22.1. The number of aliphatic hydroxyl groups excluding tert-OH is 1. The van der Waals surface area contributed by atoms with Crippen molar-refractivity contribution in [2.45, 2.75) is 18.5 Å². The van der Waals surface area contributed by atoms with Crippen molar-refractivity contribution in [2.24, 2.45) is 5.73 Å². The van der Waals surface area contributed by atoms with Gasteiger partial charge in [-0.3, -0.25) is 10.1 Å². The first kappa shape index (κ1) is 14.5. The number of nitrogens with two attached hydrogens (primary N) is 1. The lowest BCUT2D eigenvalue weighted by Gasteiger charge is -2.13. The van der Waals surface area contributed by atoms with E-state index < -0.39 is 12.1 Å². The summed E-state index contributed by atoms with van der Waals surface area (Å²) in [6.45, 7) is -0.345. The molecule has 0 saturated heterocycles. The number of benzene rings is 1. The Morgan fingerprint density at radius 1 is 1.39 bits per heavy atom. The van der Waals surface area contributed by atoms with Crippen molar-refractivity contribution in [3.05, 3.63) is 35.9 Å². The minimum Gasteiger partial charge on any atom is -0.394 e. The molecule has 1 rings (SSSR count). The maximum atomic E-state index is 11.7. The van der Waals surface area contributed by atoms with Crippen LogP contribution in [-0.2, 0) is 16.0 Å². The highest BCUT2D eigenvalue weighted by Gasteiger charge is 2.15. The monoisotopic (exact) mass is 250 g/mol. The van der Waals surface area contributed by atoms with Gasteiger partial charge in [0.1, 0.15) is 6.29 Å². The second-order valence-corrected chi connectivity index (χ2v) is 4.07. The third-order valence-electron chi connectivity index (χ3n) is 2.61. The largest absolute Gasteiger partial charge is 0.394 e. The van der Waals surface area contributed by atoms with E-state index in [9.17, 15) is 9.59 Å². The fraction of sp³-hybridized carbons (Fsp3) is 0.385. The average molecular weight is 250 g/mol. The highest BCUT2D eigenvalue weighted by molar-refractivity contribution is 5.86. The molecule has 18 heavy (non-hydrogen) atoms. The zero-order chi connectivity index (χ0) is 13.4. The molecule has 1 aromatic rings. The average Bonchev–Trinajstić information content (AvgIpc) is 2.40. The molecule has 0 saturated carbocycles. The Hall–Kier alpha value is -1.56. The highest BCUT2D eigenvalue weighted by Crippen LogP contribution is 2.02. The van der Waals surface area contributed by atoms with E-state index in [2.05, 4.69) is 5.32 Å². The van der Waals surface area contributed by atoms with Crippen LogP contribution in [0.1, 0.15) is 5.56 Å². The van der Waals surface area contributed by atoms with Crippen LogP contribution in [0.3, 0.4) is 0 Å². The van der Waals surface area contributed by atoms with Gasteiger partial charge in [0.25, 0.3) is 0 Å². The van der Waals surface area contributed by atoms with Gasteiger partial charge < -0.3 is 15.6 Å². The predicted octanol–water partition coefficient (Wildman–Crippen LogP) is -0.725. The van der Waals surface area contributed by atoms with Crippen LogP contribution in [0.15, 0.2) is 30.3 Å². The molecule has 0 amide bonds. The maximum absolute atomic E-state index is 11.7. The molecule has 2 atom stereocenters. The van der Waals surface area contributed by atoms with Gasteiger partial charge in [-0.2, -0.15) is 0 Å². The normalized spacial score (nSPS) is 13.9. The molecule has 0 bridgehead atoms.